The highest BCUT2D eigenvalue weighted by molar-refractivity contribution is 6.33. The molecule has 2 heterocycles. The second kappa shape index (κ2) is 10.2. The van der Waals surface area contributed by atoms with E-state index < -0.39 is 11.9 Å². The summed E-state index contributed by atoms with van der Waals surface area (Å²) in [7, 11) is 1.30. The van der Waals surface area contributed by atoms with Crippen LogP contribution in [0.1, 0.15) is 32.0 Å². The first-order chi connectivity index (χ1) is 18.4. The van der Waals surface area contributed by atoms with Gasteiger partial charge in [-0.3, -0.25) is 9.69 Å². The molecule has 1 aliphatic rings. The number of amides is 1. The number of anilines is 1. The molecule has 38 heavy (non-hydrogen) atoms. The smallest absolute Gasteiger partial charge is 0.337 e. The Morgan fingerprint density at radius 3 is 2.32 bits per heavy atom. The first-order valence-electron chi connectivity index (χ1n) is 11.5. The maximum absolute atomic E-state index is 13.6. The number of aromatic carboxylic acids is 1. The van der Waals surface area contributed by atoms with E-state index in [2.05, 4.69) is 0 Å². The number of ether oxygens (including phenoxy) is 1. The summed E-state index contributed by atoms with van der Waals surface area (Å²) in [6.07, 6.45) is 3.40. The van der Waals surface area contributed by atoms with Crippen molar-refractivity contribution in [3.05, 3.63) is 124 Å². The van der Waals surface area contributed by atoms with Gasteiger partial charge in [-0.05, 0) is 72.3 Å². The van der Waals surface area contributed by atoms with Gasteiger partial charge in [-0.15, -0.1) is 0 Å². The Morgan fingerprint density at radius 1 is 0.947 bits per heavy atom. The maximum Gasteiger partial charge on any atom is 0.337 e. The zero-order valence-electron chi connectivity index (χ0n) is 20.1. The van der Waals surface area contributed by atoms with E-state index in [1.807, 2.05) is 30.3 Å². The Kier molecular flexibility index (Phi) is 6.68. The summed E-state index contributed by atoms with van der Waals surface area (Å²) in [6, 6.07) is 23.8. The Labute approximate surface area is 222 Å². The normalized spacial score (nSPS) is 14.1. The van der Waals surface area contributed by atoms with Crippen LogP contribution in [0.25, 0.3) is 23.1 Å². The first kappa shape index (κ1) is 24.8. The number of halogens is 1. The molecular formula is C30H20ClNO6. The standard InChI is InChI=1S/C30H20ClNO6/c1-37-30(36)20-9-13-24(25(31)16-20)27-14-12-23(38-27)15-21-17-26(18-5-3-2-4-6-18)32(28(21)33)22-10-7-19(8-11-22)29(34)35/h2-17H,1H3,(H,34,35)/b21-15+. The van der Waals surface area contributed by atoms with Crippen molar-refractivity contribution in [2.75, 3.05) is 12.0 Å². The number of nitrogens with zero attached hydrogens (tertiary/aromatic N) is 1. The molecule has 0 fully saturated rings. The summed E-state index contributed by atoms with van der Waals surface area (Å²) >= 11 is 6.38. The zero-order chi connectivity index (χ0) is 26.8. The molecule has 1 amide bonds. The third kappa shape index (κ3) is 4.75. The minimum absolute atomic E-state index is 0.128. The van der Waals surface area contributed by atoms with Crippen molar-refractivity contribution in [1.82, 2.24) is 0 Å². The van der Waals surface area contributed by atoms with E-state index in [9.17, 15) is 19.5 Å². The number of carbonyl (C=O) groups excluding carboxylic acids is 2. The number of carboxylic acid groups (broad SMARTS) is 1. The van der Waals surface area contributed by atoms with Gasteiger partial charge in [0.15, 0.2) is 0 Å². The molecule has 0 radical (unpaired) electrons. The van der Waals surface area contributed by atoms with Crippen LogP contribution in [0.5, 0.6) is 0 Å². The average molecular weight is 526 g/mol. The first-order valence-corrected chi connectivity index (χ1v) is 11.9. The molecule has 1 aliphatic heterocycles. The van der Waals surface area contributed by atoms with E-state index in [-0.39, 0.29) is 11.5 Å². The molecule has 0 saturated carbocycles. The molecule has 0 aliphatic carbocycles. The summed E-state index contributed by atoms with van der Waals surface area (Å²) in [5.41, 5.74) is 3.43. The Hall–Kier alpha value is -4.88. The fourth-order valence-corrected chi connectivity index (χ4v) is 4.41. The summed E-state index contributed by atoms with van der Waals surface area (Å²) < 4.78 is 10.7. The lowest BCUT2D eigenvalue weighted by Gasteiger charge is -2.21. The number of carboxylic acids is 1. The number of hydrogen-bond acceptors (Lipinski definition) is 5. The van der Waals surface area contributed by atoms with Gasteiger partial charge < -0.3 is 14.3 Å². The van der Waals surface area contributed by atoms with E-state index in [4.69, 9.17) is 20.8 Å². The van der Waals surface area contributed by atoms with Gasteiger partial charge in [0.25, 0.3) is 5.91 Å². The number of furan rings is 1. The Morgan fingerprint density at radius 2 is 1.66 bits per heavy atom. The van der Waals surface area contributed by atoms with E-state index >= 15 is 0 Å². The molecule has 7 nitrogen and oxygen atoms in total. The van der Waals surface area contributed by atoms with Crippen molar-refractivity contribution < 1.29 is 28.6 Å². The van der Waals surface area contributed by atoms with Crippen LogP contribution in [-0.2, 0) is 9.53 Å². The average Bonchev–Trinajstić information content (AvgIpc) is 3.53. The van der Waals surface area contributed by atoms with Crippen LogP contribution < -0.4 is 4.90 Å². The molecule has 3 aromatic carbocycles. The number of hydrogen-bond donors (Lipinski definition) is 1. The van der Waals surface area contributed by atoms with Gasteiger partial charge in [-0.1, -0.05) is 41.9 Å². The fraction of sp³-hybridized carbons (Fsp3) is 0.0333. The number of methoxy groups -OCH3 is 1. The molecule has 4 aromatic rings. The second-order valence-corrected chi connectivity index (χ2v) is 8.78. The second-order valence-electron chi connectivity index (χ2n) is 8.38. The van der Waals surface area contributed by atoms with Crippen molar-refractivity contribution in [3.63, 3.8) is 0 Å². The molecule has 5 rings (SSSR count). The van der Waals surface area contributed by atoms with Gasteiger partial charge >= 0.3 is 11.9 Å². The number of esters is 1. The highest BCUT2D eigenvalue weighted by Gasteiger charge is 2.30. The van der Waals surface area contributed by atoms with Gasteiger partial charge in [0.1, 0.15) is 11.5 Å². The lowest BCUT2D eigenvalue weighted by atomic mass is 10.1. The predicted octanol–water partition coefficient (Wildman–Crippen LogP) is 6.56. The van der Waals surface area contributed by atoms with Crippen LogP contribution in [-0.4, -0.2) is 30.1 Å². The minimum atomic E-state index is -1.04. The number of benzene rings is 3. The molecule has 0 saturated heterocycles. The summed E-state index contributed by atoms with van der Waals surface area (Å²) in [6.45, 7) is 0. The van der Waals surface area contributed by atoms with Crippen LogP contribution in [0.3, 0.4) is 0 Å². The van der Waals surface area contributed by atoms with Gasteiger partial charge in [0.05, 0.1) is 29.0 Å². The van der Waals surface area contributed by atoms with Crippen LogP contribution in [0.4, 0.5) is 5.69 Å². The van der Waals surface area contributed by atoms with Gasteiger partial charge in [-0.2, -0.15) is 0 Å². The van der Waals surface area contributed by atoms with E-state index in [0.29, 0.717) is 44.6 Å². The summed E-state index contributed by atoms with van der Waals surface area (Å²) in [5, 5.41) is 9.56. The molecule has 188 valence electrons. The quantitative estimate of drug-likeness (QED) is 0.226. The Balaban J connectivity index is 1.50. The largest absolute Gasteiger partial charge is 0.478 e. The van der Waals surface area contributed by atoms with E-state index in [1.54, 1.807) is 53.5 Å². The van der Waals surface area contributed by atoms with Crippen molar-refractivity contribution in [3.8, 4) is 11.3 Å². The van der Waals surface area contributed by atoms with Crippen LogP contribution in [0.2, 0.25) is 5.02 Å². The van der Waals surface area contributed by atoms with E-state index in [0.717, 1.165) is 5.56 Å². The predicted molar refractivity (Wildman–Crippen MR) is 144 cm³/mol. The highest BCUT2D eigenvalue weighted by Crippen LogP contribution is 2.36. The molecule has 1 aromatic heterocycles. The molecular weight excluding hydrogens is 506 g/mol. The summed E-state index contributed by atoms with van der Waals surface area (Å²) in [5.74, 6) is -0.922. The van der Waals surface area contributed by atoms with Crippen molar-refractivity contribution in [1.29, 1.82) is 0 Å². The SMILES string of the molecule is COC(=O)c1ccc(-c2ccc(/C=C3\C=C(c4ccccc4)N(c4ccc(C(=O)O)cc4)C3=O)o2)c(Cl)c1. The summed E-state index contributed by atoms with van der Waals surface area (Å²) in [4.78, 5) is 38.1. The van der Waals surface area contributed by atoms with Crippen molar-refractivity contribution in [2.45, 2.75) is 0 Å². The van der Waals surface area contributed by atoms with Crippen LogP contribution in [0.15, 0.2) is 101 Å². The van der Waals surface area contributed by atoms with Gasteiger partial charge in [0.2, 0.25) is 0 Å². The van der Waals surface area contributed by atoms with Gasteiger partial charge in [0, 0.05) is 16.8 Å². The molecule has 0 spiro atoms. The minimum Gasteiger partial charge on any atom is -0.478 e. The van der Waals surface area contributed by atoms with E-state index in [1.165, 1.54) is 25.3 Å². The third-order valence-electron chi connectivity index (χ3n) is 6.01. The molecule has 0 bridgehead atoms. The lowest BCUT2D eigenvalue weighted by molar-refractivity contribution is -0.113. The van der Waals surface area contributed by atoms with Crippen LogP contribution >= 0.6 is 11.6 Å². The molecule has 0 atom stereocenters. The lowest BCUT2D eigenvalue weighted by Crippen LogP contribution is -2.25. The molecule has 0 unspecified atom stereocenters. The Bertz CT molecular complexity index is 1620. The van der Waals surface area contributed by atoms with Crippen LogP contribution in [0, 0.1) is 0 Å². The third-order valence-corrected chi connectivity index (χ3v) is 6.32. The molecule has 1 N–H and O–H groups in total. The topological polar surface area (TPSA) is 97.0 Å². The monoisotopic (exact) mass is 525 g/mol. The van der Waals surface area contributed by atoms with Gasteiger partial charge in [-0.25, -0.2) is 9.59 Å². The zero-order valence-corrected chi connectivity index (χ0v) is 20.8. The fourth-order valence-electron chi connectivity index (χ4n) is 4.13. The van der Waals surface area contributed by atoms with Crippen molar-refractivity contribution >= 4 is 46.9 Å². The maximum atomic E-state index is 13.6. The number of rotatable bonds is 6. The number of carbonyl (C=O) groups is 3. The molecule has 8 heteroatoms. The highest BCUT2D eigenvalue weighted by atomic mass is 35.5. The van der Waals surface area contributed by atoms with Crippen molar-refractivity contribution in [2.24, 2.45) is 0 Å².